The first-order valence-electron chi connectivity index (χ1n) is 11.0. The molecule has 1 heterocycles. The van der Waals surface area contributed by atoms with E-state index in [0.29, 0.717) is 23.3 Å². The Kier molecular flexibility index (Phi) is 5.43. The summed E-state index contributed by atoms with van der Waals surface area (Å²) in [6, 6.07) is 4.91. The molecule has 1 saturated heterocycles. The fourth-order valence-corrected chi connectivity index (χ4v) is 6.09. The number of nitrogens with zero attached hydrogens (tertiary/aromatic N) is 1. The number of phenols is 1. The zero-order valence-electron chi connectivity index (χ0n) is 18.6. The van der Waals surface area contributed by atoms with Crippen molar-refractivity contribution in [2.45, 2.75) is 12.8 Å². The molecular formula is C26H22BrNO6. The highest BCUT2D eigenvalue weighted by atomic mass is 79.9. The number of rotatable bonds is 3. The third-order valence-corrected chi connectivity index (χ3v) is 7.87. The van der Waals surface area contributed by atoms with Gasteiger partial charge >= 0.3 is 0 Å². The molecule has 34 heavy (non-hydrogen) atoms. The van der Waals surface area contributed by atoms with Crippen molar-refractivity contribution in [1.82, 2.24) is 4.90 Å². The standard InChI is InChI=1S/C26H22BrNO6/c1-28-25(32)15-7-6-13-14(5-3-12-4-8-19(29)21(9-12)34-2)22-17(10-16(13)23(15)26(28)33)24(31)18(27)11-20(22)30/h3-6,8-9,11,14-16,23,29H,7,10H2,1-2H3/t14-,15-,16+,23-/m0/s1. The van der Waals surface area contributed by atoms with Gasteiger partial charge in [0, 0.05) is 30.2 Å². The quantitative estimate of drug-likeness (QED) is 0.370. The minimum atomic E-state index is -0.538. The normalized spacial score (nSPS) is 28.6. The van der Waals surface area contributed by atoms with Crippen molar-refractivity contribution in [3.8, 4) is 11.5 Å². The van der Waals surface area contributed by atoms with Crippen molar-refractivity contribution in [2.75, 3.05) is 14.2 Å². The number of hydrogen-bond donors (Lipinski definition) is 1. The number of amides is 2. The zero-order valence-corrected chi connectivity index (χ0v) is 20.2. The molecule has 174 valence electrons. The molecule has 0 radical (unpaired) electrons. The third kappa shape index (κ3) is 3.31. The number of Topliss-reactive ketones (excluding diaryl/α,β-unsaturated/α-hetero) is 1. The smallest absolute Gasteiger partial charge is 0.233 e. The summed E-state index contributed by atoms with van der Waals surface area (Å²) in [5.41, 5.74) is 2.45. The van der Waals surface area contributed by atoms with E-state index in [1.54, 1.807) is 12.1 Å². The van der Waals surface area contributed by atoms with E-state index in [-0.39, 0.29) is 46.0 Å². The third-order valence-electron chi connectivity index (χ3n) is 7.28. The number of likely N-dealkylation sites (tertiary alicyclic amines) is 1. The van der Waals surface area contributed by atoms with Gasteiger partial charge < -0.3 is 9.84 Å². The minimum absolute atomic E-state index is 0.0139. The summed E-state index contributed by atoms with van der Waals surface area (Å²) < 4.78 is 5.38. The lowest BCUT2D eigenvalue weighted by molar-refractivity contribution is -0.138. The molecule has 0 spiro atoms. The zero-order chi connectivity index (χ0) is 24.3. The summed E-state index contributed by atoms with van der Waals surface area (Å²) in [6.45, 7) is 0. The van der Waals surface area contributed by atoms with Crippen LogP contribution in [0.4, 0.5) is 0 Å². The Hall–Kier alpha value is -3.26. The maximum Gasteiger partial charge on any atom is 0.233 e. The first-order valence-corrected chi connectivity index (χ1v) is 11.8. The molecule has 7 nitrogen and oxygen atoms in total. The highest BCUT2D eigenvalue weighted by Gasteiger charge is 2.54. The number of hydrogen-bond acceptors (Lipinski definition) is 6. The molecule has 4 aliphatic rings. The van der Waals surface area contributed by atoms with Crippen LogP contribution in [0.5, 0.6) is 11.5 Å². The summed E-state index contributed by atoms with van der Waals surface area (Å²) in [5, 5.41) is 9.88. The van der Waals surface area contributed by atoms with E-state index < -0.39 is 17.8 Å². The van der Waals surface area contributed by atoms with Crippen LogP contribution in [0, 0.1) is 23.7 Å². The number of ether oxygens (including phenoxy) is 1. The Labute approximate surface area is 204 Å². The lowest BCUT2D eigenvalue weighted by Crippen LogP contribution is -2.39. The topological polar surface area (TPSA) is 101 Å². The van der Waals surface area contributed by atoms with Gasteiger partial charge in [-0.15, -0.1) is 0 Å². The second kappa shape index (κ2) is 8.20. The SMILES string of the molecule is COc1cc(C=C[C@H]2C3=CC[C@@H]4C(=O)N(C)C(=O)[C@@H]4[C@@H]3CC3=C2C(=O)C=C(Br)C3=O)ccc1O. The summed E-state index contributed by atoms with van der Waals surface area (Å²) in [4.78, 5) is 52.9. The van der Waals surface area contributed by atoms with Crippen LogP contribution in [0.1, 0.15) is 18.4 Å². The van der Waals surface area contributed by atoms with Crippen LogP contribution >= 0.6 is 15.9 Å². The molecule has 1 aliphatic heterocycles. The number of halogens is 1. The lowest BCUT2D eigenvalue weighted by Gasteiger charge is -2.41. The molecule has 4 atom stereocenters. The predicted octanol–water partition coefficient (Wildman–Crippen LogP) is 3.34. The van der Waals surface area contributed by atoms with Gasteiger partial charge in [0.25, 0.3) is 0 Å². The Morgan fingerprint density at radius 3 is 2.65 bits per heavy atom. The summed E-state index contributed by atoms with van der Waals surface area (Å²) in [7, 11) is 2.96. The van der Waals surface area contributed by atoms with Gasteiger partial charge in [0.1, 0.15) is 0 Å². The molecule has 0 unspecified atom stereocenters. The Morgan fingerprint density at radius 1 is 1.15 bits per heavy atom. The van der Waals surface area contributed by atoms with Gasteiger partial charge in [0.2, 0.25) is 11.8 Å². The number of phenolic OH excluding ortho intramolecular Hbond substituents is 1. The Morgan fingerprint density at radius 2 is 1.91 bits per heavy atom. The van der Waals surface area contributed by atoms with Crippen LogP contribution < -0.4 is 4.74 Å². The number of carbonyl (C=O) groups is 4. The van der Waals surface area contributed by atoms with Crippen LogP contribution in [0.25, 0.3) is 6.08 Å². The predicted molar refractivity (Wildman–Crippen MR) is 127 cm³/mol. The molecule has 8 heteroatoms. The van der Waals surface area contributed by atoms with Gasteiger partial charge in [-0.25, -0.2) is 0 Å². The van der Waals surface area contributed by atoms with Gasteiger partial charge in [-0.2, -0.15) is 0 Å². The van der Waals surface area contributed by atoms with E-state index in [1.165, 1.54) is 31.2 Å². The lowest BCUT2D eigenvalue weighted by atomic mass is 9.61. The fraction of sp³-hybridized carbons (Fsp3) is 0.308. The Bertz CT molecular complexity index is 1290. The monoisotopic (exact) mass is 523 g/mol. The average molecular weight is 524 g/mol. The van der Waals surface area contributed by atoms with E-state index >= 15 is 0 Å². The molecule has 2 amide bonds. The van der Waals surface area contributed by atoms with Crippen molar-refractivity contribution in [3.63, 3.8) is 0 Å². The summed E-state index contributed by atoms with van der Waals surface area (Å²) in [6.07, 6.45) is 7.61. The van der Waals surface area contributed by atoms with Crippen molar-refractivity contribution in [3.05, 3.63) is 63.2 Å². The number of ketones is 2. The molecule has 0 bridgehead atoms. The van der Waals surface area contributed by atoms with Crippen molar-refractivity contribution in [2.24, 2.45) is 23.7 Å². The molecule has 1 N–H and O–H groups in total. The van der Waals surface area contributed by atoms with Gasteiger partial charge in [-0.3, -0.25) is 24.1 Å². The minimum Gasteiger partial charge on any atom is -0.504 e. The molecule has 1 aromatic rings. The number of benzene rings is 1. The number of imide groups is 1. The van der Waals surface area contributed by atoms with Crippen LogP contribution in [-0.4, -0.2) is 47.5 Å². The maximum atomic E-state index is 13.1. The molecule has 5 rings (SSSR count). The number of methoxy groups -OCH3 is 1. The largest absolute Gasteiger partial charge is 0.504 e. The van der Waals surface area contributed by atoms with Crippen molar-refractivity contribution >= 4 is 45.4 Å². The number of aromatic hydroxyl groups is 1. The fourth-order valence-electron chi connectivity index (χ4n) is 5.65. The first kappa shape index (κ1) is 22.5. The molecular weight excluding hydrogens is 502 g/mol. The van der Waals surface area contributed by atoms with Crippen LogP contribution in [0.15, 0.2) is 57.6 Å². The Balaban J connectivity index is 1.61. The molecule has 1 fully saturated rings. The highest BCUT2D eigenvalue weighted by Crippen LogP contribution is 2.52. The second-order valence-electron chi connectivity index (χ2n) is 8.96. The van der Waals surface area contributed by atoms with E-state index in [9.17, 15) is 24.3 Å². The molecule has 3 aliphatic carbocycles. The van der Waals surface area contributed by atoms with Gasteiger partial charge in [0.05, 0.1) is 23.4 Å². The number of allylic oxidation sites excluding steroid dienone is 7. The van der Waals surface area contributed by atoms with Gasteiger partial charge in [-0.05, 0) is 52.4 Å². The van der Waals surface area contributed by atoms with Crippen molar-refractivity contribution in [1.29, 1.82) is 0 Å². The van der Waals surface area contributed by atoms with Crippen LogP contribution in [0.3, 0.4) is 0 Å². The van der Waals surface area contributed by atoms with E-state index in [2.05, 4.69) is 15.9 Å². The van der Waals surface area contributed by atoms with Crippen LogP contribution in [-0.2, 0) is 19.2 Å². The van der Waals surface area contributed by atoms with Gasteiger partial charge in [0.15, 0.2) is 23.1 Å². The highest BCUT2D eigenvalue weighted by molar-refractivity contribution is 9.12. The van der Waals surface area contributed by atoms with E-state index in [0.717, 1.165) is 11.1 Å². The maximum absolute atomic E-state index is 13.1. The number of carbonyl (C=O) groups excluding carboxylic acids is 4. The summed E-state index contributed by atoms with van der Waals surface area (Å²) in [5.74, 6) is -2.41. The van der Waals surface area contributed by atoms with Crippen LogP contribution in [0.2, 0.25) is 0 Å². The average Bonchev–Trinajstić information content (AvgIpc) is 3.05. The number of fused-ring (bicyclic) bond motifs is 3. The second-order valence-corrected chi connectivity index (χ2v) is 9.82. The van der Waals surface area contributed by atoms with E-state index in [4.69, 9.17) is 4.74 Å². The first-order chi connectivity index (χ1) is 16.2. The van der Waals surface area contributed by atoms with Crippen molar-refractivity contribution < 1.29 is 29.0 Å². The molecule has 1 aromatic carbocycles. The molecule has 0 aromatic heterocycles. The van der Waals surface area contributed by atoms with E-state index in [1.807, 2.05) is 18.2 Å². The summed E-state index contributed by atoms with van der Waals surface area (Å²) >= 11 is 3.21. The molecule has 0 saturated carbocycles. The van der Waals surface area contributed by atoms with Gasteiger partial charge in [-0.1, -0.05) is 29.9 Å².